The summed E-state index contributed by atoms with van der Waals surface area (Å²) in [7, 11) is 1.64. The Morgan fingerprint density at radius 2 is 1.88 bits per heavy atom. The number of para-hydroxylation sites is 2. The molecule has 1 N–H and O–H groups in total. The van der Waals surface area contributed by atoms with Gasteiger partial charge in [-0.25, -0.2) is 9.97 Å². The van der Waals surface area contributed by atoms with Gasteiger partial charge in [-0.1, -0.05) is 12.1 Å². The smallest absolute Gasteiger partial charge is 0.257 e. The number of ether oxygens (including phenoxy) is 3. The molecule has 7 heteroatoms. The number of piperazine rings is 1. The highest BCUT2D eigenvalue weighted by atomic mass is 16.5. The van der Waals surface area contributed by atoms with E-state index >= 15 is 0 Å². The highest BCUT2D eigenvalue weighted by Gasteiger charge is 2.20. The van der Waals surface area contributed by atoms with Gasteiger partial charge >= 0.3 is 0 Å². The molecular weight excluding hydrogens is 332 g/mol. The zero-order valence-corrected chi connectivity index (χ0v) is 15.4. The molecule has 140 valence electrons. The molecule has 1 unspecified atom stereocenters. The Kier molecular flexibility index (Phi) is 6.49. The Morgan fingerprint density at radius 3 is 2.69 bits per heavy atom. The largest absolute Gasteiger partial charge is 0.493 e. The Morgan fingerprint density at radius 1 is 1.12 bits per heavy atom. The molecule has 0 spiro atoms. The van der Waals surface area contributed by atoms with Crippen LogP contribution in [0.1, 0.15) is 13.3 Å². The average Bonchev–Trinajstić information content (AvgIpc) is 2.68. The summed E-state index contributed by atoms with van der Waals surface area (Å²) in [4.78, 5) is 11.0. The number of benzene rings is 1. The van der Waals surface area contributed by atoms with Crippen LogP contribution in [0.5, 0.6) is 17.4 Å². The number of nitrogens with one attached hydrogen (secondary N) is 1. The first-order valence-corrected chi connectivity index (χ1v) is 8.96. The molecule has 1 atom stereocenters. The minimum absolute atomic E-state index is 0.424. The van der Waals surface area contributed by atoms with E-state index in [0.717, 1.165) is 43.4 Å². The van der Waals surface area contributed by atoms with Crippen LogP contribution in [0.25, 0.3) is 0 Å². The van der Waals surface area contributed by atoms with Crippen molar-refractivity contribution in [3.05, 3.63) is 36.7 Å². The first-order chi connectivity index (χ1) is 12.8. The monoisotopic (exact) mass is 358 g/mol. The number of methoxy groups -OCH3 is 1. The van der Waals surface area contributed by atoms with E-state index in [9.17, 15) is 0 Å². The van der Waals surface area contributed by atoms with Gasteiger partial charge in [-0.2, -0.15) is 0 Å². The van der Waals surface area contributed by atoms with Crippen LogP contribution in [0, 0.1) is 0 Å². The van der Waals surface area contributed by atoms with E-state index < -0.39 is 0 Å². The van der Waals surface area contributed by atoms with Gasteiger partial charge in [0, 0.05) is 44.5 Å². The zero-order valence-electron chi connectivity index (χ0n) is 15.4. The number of rotatable bonds is 8. The van der Waals surface area contributed by atoms with E-state index in [1.54, 1.807) is 19.5 Å². The van der Waals surface area contributed by atoms with Crippen molar-refractivity contribution in [1.82, 2.24) is 15.3 Å². The molecule has 0 bridgehead atoms. The first kappa shape index (κ1) is 18.3. The van der Waals surface area contributed by atoms with Crippen molar-refractivity contribution in [3.63, 3.8) is 0 Å². The van der Waals surface area contributed by atoms with E-state index in [2.05, 4.69) is 27.1 Å². The fraction of sp³-hybridized carbons (Fsp3) is 0.474. The second-order valence-corrected chi connectivity index (χ2v) is 6.19. The lowest BCUT2D eigenvalue weighted by atomic mass is 10.2. The van der Waals surface area contributed by atoms with Crippen molar-refractivity contribution in [3.8, 4) is 17.4 Å². The van der Waals surface area contributed by atoms with Gasteiger partial charge in [0.15, 0.2) is 17.3 Å². The molecule has 1 fully saturated rings. The third-order valence-corrected chi connectivity index (χ3v) is 4.17. The summed E-state index contributed by atoms with van der Waals surface area (Å²) in [6, 6.07) is 8.04. The lowest BCUT2D eigenvalue weighted by Crippen LogP contribution is -2.49. The van der Waals surface area contributed by atoms with E-state index in [0.29, 0.717) is 25.1 Å². The molecule has 1 aromatic carbocycles. The number of hydrogen-bond acceptors (Lipinski definition) is 7. The molecule has 1 aliphatic rings. The van der Waals surface area contributed by atoms with Crippen LogP contribution in [0.15, 0.2) is 36.7 Å². The maximum absolute atomic E-state index is 5.87. The molecule has 0 radical (unpaired) electrons. The van der Waals surface area contributed by atoms with Gasteiger partial charge in [0.1, 0.15) is 0 Å². The number of nitrogens with zero attached hydrogens (tertiary/aromatic N) is 3. The standard InChI is InChI=1S/C19H26N4O3/c1-15-14-23(11-10-20-15)18-19(22-9-8-21-18)26-13-5-12-25-17-7-4-3-6-16(17)24-2/h3-4,6-9,15,20H,5,10-14H2,1-2H3. The molecule has 26 heavy (non-hydrogen) atoms. The maximum atomic E-state index is 5.87. The van der Waals surface area contributed by atoms with Crippen molar-refractivity contribution in [2.24, 2.45) is 0 Å². The van der Waals surface area contributed by atoms with E-state index in [-0.39, 0.29) is 0 Å². The SMILES string of the molecule is COc1ccccc1OCCCOc1nccnc1N1CCNC(C)C1. The highest BCUT2D eigenvalue weighted by molar-refractivity contribution is 5.48. The lowest BCUT2D eigenvalue weighted by Gasteiger charge is -2.33. The molecule has 1 saturated heterocycles. The summed E-state index contributed by atoms with van der Waals surface area (Å²) in [6.07, 6.45) is 4.11. The summed E-state index contributed by atoms with van der Waals surface area (Å²) in [5, 5.41) is 3.43. The molecular formula is C19H26N4O3. The van der Waals surface area contributed by atoms with Gasteiger partial charge in [0.2, 0.25) is 0 Å². The fourth-order valence-corrected chi connectivity index (χ4v) is 2.91. The summed E-state index contributed by atoms with van der Waals surface area (Å²) < 4.78 is 16.9. The predicted octanol–water partition coefficient (Wildman–Crippen LogP) is 2.13. The van der Waals surface area contributed by atoms with Crippen molar-refractivity contribution in [1.29, 1.82) is 0 Å². The molecule has 2 heterocycles. The van der Waals surface area contributed by atoms with Crippen molar-refractivity contribution in [2.45, 2.75) is 19.4 Å². The van der Waals surface area contributed by atoms with Crippen LogP contribution in [0.4, 0.5) is 5.82 Å². The van der Waals surface area contributed by atoms with Gasteiger partial charge < -0.3 is 24.4 Å². The minimum atomic E-state index is 0.424. The van der Waals surface area contributed by atoms with Crippen LogP contribution in [0.2, 0.25) is 0 Å². The molecule has 2 aromatic rings. The molecule has 3 rings (SSSR count). The fourth-order valence-electron chi connectivity index (χ4n) is 2.91. The Hall–Kier alpha value is -2.54. The number of anilines is 1. The third kappa shape index (κ3) is 4.76. The van der Waals surface area contributed by atoms with Crippen LogP contribution < -0.4 is 24.4 Å². The van der Waals surface area contributed by atoms with E-state index in [4.69, 9.17) is 14.2 Å². The molecule has 1 aliphatic heterocycles. The first-order valence-electron chi connectivity index (χ1n) is 8.96. The van der Waals surface area contributed by atoms with Crippen molar-refractivity contribution >= 4 is 5.82 Å². The Bertz CT molecular complexity index is 698. The van der Waals surface area contributed by atoms with E-state index in [1.165, 1.54) is 0 Å². The highest BCUT2D eigenvalue weighted by Crippen LogP contribution is 2.26. The molecule has 1 aromatic heterocycles. The molecule has 0 aliphatic carbocycles. The normalized spacial score (nSPS) is 17.0. The van der Waals surface area contributed by atoms with Crippen LogP contribution in [-0.4, -0.2) is 56.0 Å². The second-order valence-electron chi connectivity index (χ2n) is 6.19. The average molecular weight is 358 g/mol. The van der Waals surface area contributed by atoms with Crippen LogP contribution in [-0.2, 0) is 0 Å². The number of hydrogen-bond donors (Lipinski definition) is 1. The summed E-state index contributed by atoms with van der Waals surface area (Å²) >= 11 is 0. The minimum Gasteiger partial charge on any atom is -0.493 e. The van der Waals surface area contributed by atoms with Crippen LogP contribution >= 0.6 is 0 Å². The van der Waals surface area contributed by atoms with Gasteiger partial charge in [-0.05, 0) is 19.1 Å². The van der Waals surface area contributed by atoms with Crippen molar-refractivity contribution in [2.75, 3.05) is 44.9 Å². The molecule has 0 saturated carbocycles. The van der Waals surface area contributed by atoms with Gasteiger partial charge in [-0.3, -0.25) is 0 Å². The third-order valence-electron chi connectivity index (χ3n) is 4.17. The van der Waals surface area contributed by atoms with E-state index in [1.807, 2.05) is 24.3 Å². The zero-order chi connectivity index (χ0) is 18.2. The molecule has 0 amide bonds. The predicted molar refractivity (Wildman–Crippen MR) is 100 cm³/mol. The Balaban J connectivity index is 1.49. The van der Waals surface area contributed by atoms with Gasteiger partial charge in [-0.15, -0.1) is 0 Å². The summed E-state index contributed by atoms with van der Waals surface area (Å²) in [5.41, 5.74) is 0. The van der Waals surface area contributed by atoms with Gasteiger partial charge in [0.05, 0.1) is 20.3 Å². The quantitative estimate of drug-likeness (QED) is 0.725. The Labute approximate surface area is 154 Å². The number of aromatic nitrogens is 2. The summed E-state index contributed by atoms with van der Waals surface area (Å²) in [6.45, 7) is 5.95. The van der Waals surface area contributed by atoms with Gasteiger partial charge in [0.25, 0.3) is 5.88 Å². The lowest BCUT2D eigenvalue weighted by molar-refractivity contribution is 0.235. The topological polar surface area (TPSA) is 68.7 Å². The van der Waals surface area contributed by atoms with Crippen LogP contribution in [0.3, 0.4) is 0 Å². The summed E-state index contributed by atoms with van der Waals surface area (Å²) in [5.74, 6) is 2.87. The second kappa shape index (κ2) is 9.24. The van der Waals surface area contributed by atoms with Crippen molar-refractivity contribution < 1.29 is 14.2 Å². The molecule has 7 nitrogen and oxygen atoms in total. The maximum Gasteiger partial charge on any atom is 0.257 e.